The molecule has 0 aliphatic heterocycles. The van der Waals surface area contributed by atoms with Crippen molar-refractivity contribution >= 4 is 28.9 Å². The van der Waals surface area contributed by atoms with Crippen LogP contribution < -0.4 is 5.32 Å². The topological polar surface area (TPSA) is 46.4 Å². The van der Waals surface area contributed by atoms with Crippen LogP contribution in [0.1, 0.15) is 6.92 Å². The largest absolute Gasteiger partial charge is 0.325 e. The van der Waals surface area contributed by atoms with Crippen LogP contribution in [0.5, 0.6) is 0 Å². The fourth-order valence-electron chi connectivity index (χ4n) is 2.04. The van der Waals surface area contributed by atoms with E-state index in [1.54, 1.807) is 13.1 Å². The second-order valence-electron chi connectivity index (χ2n) is 4.91. The number of benzene rings is 1. The Morgan fingerprint density at radius 3 is 2.87 bits per heavy atom. The molecule has 23 heavy (non-hydrogen) atoms. The zero-order chi connectivity index (χ0) is 16.4. The van der Waals surface area contributed by atoms with E-state index in [1.165, 1.54) is 17.8 Å². The molecular formula is C16H13F2N3OS. The second kappa shape index (κ2) is 6.37. The maximum atomic E-state index is 13.2. The molecule has 1 amide bonds. The van der Waals surface area contributed by atoms with E-state index in [4.69, 9.17) is 0 Å². The minimum absolute atomic E-state index is 0.217. The number of pyridine rings is 1. The Labute approximate surface area is 135 Å². The van der Waals surface area contributed by atoms with Crippen LogP contribution in [0.3, 0.4) is 0 Å². The number of amides is 1. The minimum Gasteiger partial charge on any atom is -0.325 e. The number of thioether (sulfide) groups is 1. The first kappa shape index (κ1) is 15.5. The number of anilines is 1. The SMILES string of the molecule is C[C@@H](Sc1ncc2ccccn12)C(=O)Nc1ccc(F)c(F)c1. The highest BCUT2D eigenvalue weighted by Crippen LogP contribution is 2.24. The van der Waals surface area contributed by atoms with Gasteiger partial charge >= 0.3 is 0 Å². The van der Waals surface area contributed by atoms with Gasteiger partial charge in [0.15, 0.2) is 16.8 Å². The van der Waals surface area contributed by atoms with Gasteiger partial charge < -0.3 is 5.32 Å². The molecule has 4 nitrogen and oxygen atoms in total. The van der Waals surface area contributed by atoms with Crippen LogP contribution >= 0.6 is 11.8 Å². The standard InChI is InChI=1S/C16H13F2N3OS/c1-10(15(22)20-11-5-6-13(17)14(18)8-11)23-16-19-9-12-4-2-3-7-21(12)16/h2-10H,1H3,(H,20,22)/t10-/m1/s1. The Morgan fingerprint density at radius 1 is 1.26 bits per heavy atom. The van der Waals surface area contributed by atoms with Crippen LogP contribution in [-0.4, -0.2) is 20.5 Å². The number of nitrogens with zero attached hydrogens (tertiary/aromatic N) is 2. The second-order valence-corrected chi connectivity index (χ2v) is 6.22. The van der Waals surface area contributed by atoms with Gasteiger partial charge in [-0.1, -0.05) is 17.8 Å². The number of halogens is 2. The predicted octanol–water partition coefficient (Wildman–Crippen LogP) is 3.73. The fraction of sp³-hybridized carbons (Fsp3) is 0.125. The summed E-state index contributed by atoms with van der Waals surface area (Å²) in [6.07, 6.45) is 3.59. The molecule has 0 fully saturated rings. The molecule has 0 saturated carbocycles. The van der Waals surface area contributed by atoms with Gasteiger partial charge in [-0.25, -0.2) is 13.8 Å². The Hall–Kier alpha value is -2.41. The summed E-state index contributed by atoms with van der Waals surface area (Å²) in [4.78, 5) is 16.5. The normalized spacial score (nSPS) is 12.3. The van der Waals surface area contributed by atoms with Gasteiger partial charge in [-0.15, -0.1) is 0 Å². The van der Waals surface area contributed by atoms with Crippen molar-refractivity contribution in [1.29, 1.82) is 0 Å². The Bertz CT molecular complexity index is 865. The van der Waals surface area contributed by atoms with Gasteiger partial charge in [0.1, 0.15) is 0 Å². The molecule has 1 N–H and O–H groups in total. The molecule has 3 aromatic rings. The van der Waals surface area contributed by atoms with Gasteiger partial charge in [-0.2, -0.15) is 0 Å². The molecule has 0 aliphatic rings. The van der Waals surface area contributed by atoms with Crippen molar-refractivity contribution in [2.75, 3.05) is 5.32 Å². The summed E-state index contributed by atoms with van der Waals surface area (Å²) in [6.45, 7) is 1.73. The monoisotopic (exact) mass is 333 g/mol. The van der Waals surface area contributed by atoms with Gasteiger partial charge in [0, 0.05) is 18.0 Å². The lowest BCUT2D eigenvalue weighted by atomic mass is 10.3. The zero-order valence-corrected chi connectivity index (χ0v) is 13.0. The molecule has 118 valence electrons. The minimum atomic E-state index is -0.998. The molecule has 0 bridgehead atoms. The van der Waals surface area contributed by atoms with Gasteiger partial charge in [0.05, 0.1) is 17.0 Å². The summed E-state index contributed by atoms with van der Waals surface area (Å²) in [5.41, 5.74) is 1.15. The zero-order valence-electron chi connectivity index (χ0n) is 12.2. The molecule has 0 saturated heterocycles. The number of imidazole rings is 1. The number of carbonyl (C=O) groups excluding carboxylic acids is 1. The van der Waals surface area contributed by atoms with Crippen molar-refractivity contribution in [3.05, 3.63) is 60.4 Å². The van der Waals surface area contributed by atoms with Crippen LogP contribution in [0.4, 0.5) is 14.5 Å². The van der Waals surface area contributed by atoms with E-state index in [9.17, 15) is 13.6 Å². The van der Waals surface area contributed by atoms with E-state index in [1.807, 2.05) is 28.8 Å². The molecular weight excluding hydrogens is 320 g/mol. The van der Waals surface area contributed by atoms with E-state index in [0.29, 0.717) is 5.16 Å². The van der Waals surface area contributed by atoms with Crippen molar-refractivity contribution in [2.45, 2.75) is 17.3 Å². The Balaban J connectivity index is 1.71. The summed E-state index contributed by atoms with van der Waals surface area (Å²) in [6, 6.07) is 8.96. The summed E-state index contributed by atoms with van der Waals surface area (Å²) < 4.78 is 27.9. The average Bonchev–Trinajstić information content (AvgIpc) is 2.94. The summed E-state index contributed by atoms with van der Waals surface area (Å²) in [5, 5.41) is 2.81. The number of fused-ring (bicyclic) bond motifs is 1. The highest BCUT2D eigenvalue weighted by Gasteiger charge is 2.17. The smallest absolute Gasteiger partial charge is 0.237 e. The number of aromatic nitrogens is 2. The van der Waals surface area contributed by atoms with E-state index < -0.39 is 16.9 Å². The quantitative estimate of drug-likeness (QED) is 0.740. The van der Waals surface area contributed by atoms with Crippen LogP contribution in [0.15, 0.2) is 53.9 Å². The molecule has 3 rings (SSSR count). The molecule has 2 aromatic heterocycles. The lowest BCUT2D eigenvalue weighted by Crippen LogP contribution is -2.22. The highest BCUT2D eigenvalue weighted by molar-refractivity contribution is 8.00. The first-order chi connectivity index (χ1) is 11.0. The van der Waals surface area contributed by atoms with Crippen molar-refractivity contribution in [3.8, 4) is 0 Å². The van der Waals surface area contributed by atoms with Crippen LogP contribution in [0, 0.1) is 11.6 Å². The summed E-state index contributed by atoms with van der Waals surface area (Å²) in [7, 11) is 0. The third kappa shape index (κ3) is 3.34. The van der Waals surface area contributed by atoms with Crippen LogP contribution in [0.2, 0.25) is 0 Å². The van der Waals surface area contributed by atoms with E-state index in [-0.39, 0.29) is 11.6 Å². The fourth-order valence-corrected chi connectivity index (χ4v) is 2.91. The Morgan fingerprint density at radius 2 is 2.09 bits per heavy atom. The van der Waals surface area contributed by atoms with Gasteiger partial charge in [-0.3, -0.25) is 9.20 Å². The number of rotatable bonds is 4. The molecule has 0 unspecified atom stereocenters. The van der Waals surface area contributed by atoms with Crippen LogP contribution in [0.25, 0.3) is 5.52 Å². The maximum Gasteiger partial charge on any atom is 0.237 e. The molecule has 1 atom stereocenters. The third-order valence-electron chi connectivity index (χ3n) is 3.24. The predicted molar refractivity (Wildman–Crippen MR) is 85.5 cm³/mol. The van der Waals surface area contributed by atoms with E-state index in [0.717, 1.165) is 17.6 Å². The van der Waals surface area contributed by atoms with Gasteiger partial charge in [-0.05, 0) is 31.2 Å². The molecule has 0 aliphatic carbocycles. The first-order valence-electron chi connectivity index (χ1n) is 6.89. The average molecular weight is 333 g/mol. The molecule has 1 aromatic carbocycles. The molecule has 0 radical (unpaired) electrons. The van der Waals surface area contributed by atoms with Gasteiger partial charge in [0.25, 0.3) is 0 Å². The first-order valence-corrected chi connectivity index (χ1v) is 7.77. The van der Waals surface area contributed by atoms with Crippen molar-refractivity contribution in [1.82, 2.24) is 9.38 Å². The summed E-state index contributed by atoms with van der Waals surface area (Å²) >= 11 is 1.29. The lowest BCUT2D eigenvalue weighted by Gasteiger charge is -2.11. The summed E-state index contributed by atoms with van der Waals surface area (Å²) in [5.74, 6) is -2.26. The molecule has 7 heteroatoms. The van der Waals surface area contributed by atoms with E-state index >= 15 is 0 Å². The highest BCUT2D eigenvalue weighted by atomic mass is 32.2. The van der Waals surface area contributed by atoms with Gasteiger partial charge in [0.2, 0.25) is 5.91 Å². The van der Waals surface area contributed by atoms with Crippen LogP contribution in [-0.2, 0) is 4.79 Å². The number of hydrogen-bond acceptors (Lipinski definition) is 3. The van der Waals surface area contributed by atoms with E-state index in [2.05, 4.69) is 10.3 Å². The van der Waals surface area contributed by atoms with Crippen molar-refractivity contribution in [3.63, 3.8) is 0 Å². The molecule has 2 heterocycles. The number of nitrogens with one attached hydrogen (secondary N) is 1. The van der Waals surface area contributed by atoms with Crippen molar-refractivity contribution in [2.24, 2.45) is 0 Å². The maximum absolute atomic E-state index is 13.2. The molecule has 0 spiro atoms. The lowest BCUT2D eigenvalue weighted by molar-refractivity contribution is -0.115. The number of hydrogen-bond donors (Lipinski definition) is 1. The number of carbonyl (C=O) groups is 1. The van der Waals surface area contributed by atoms with Crippen molar-refractivity contribution < 1.29 is 13.6 Å². The Kier molecular flexibility index (Phi) is 4.29. The third-order valence-corrected chi connectivity index (χ3v) is 4.32.